The lowest BCUT2D eigenvalue weighted by atomic mass is 10.0. The summed E-state index contributed by atoms with van der Waals surface area (Å²) in [5, 5.41) is 9.13. The molecule has 0 spiro atoms. The number of amides is 1. The van der Waals surface area contributed by atoms with Gasteiger partial charge in [-0.05, 0) is 37.5 Å². The molecule has 1 aliphatic heterocycles. The topological polar surface area (TPSA) is 104 Å². The largest absolute Gasteiger partial charge is 0.480 e. The molecule has 7 nitrogen and oxygen atoms in total. The van der Waals surface area contributed by atoms with Crippen molar-refractivity contribution in [1.29, 1.82) is 0 Å². The number of aliphatic carboxylic acids is 1. The van der Waals surface area contributed by atoms with Crippen molar-refractivity contribution in [2.75, 3.05) is 13.1 Å². The number of halogens is 3. The van der Waals surface area contributed by atoms with Gasteiger partial charge in [0.25, 0.3) is 0 Å². The molecule has 0 aliphatic carbocycles. The van der Waals surface area contributed by atoms with Gasteiger partial charge in [0.05, 0.1) is 17.0 Å². The van der Waals surface area contributed by atoms with Gasteiger partial charge in [-0.1, -0.05) is 6.07 Å². The number of nitrogens with zero attached hydrogens (tertiary/aromatic N) is 1. The minimum absolute atomic E-state index is 0.182. The van der Waals surface area contributed by atoms with E-state index >= 15 is 0 Å². The molecule has 1 amide bonds. The molecule has 1 aliphatic rings. The second-order valence-electron chi connectivity index (χ2n) is 5.79. The van der Waals surface area contributed by atoms with E-state index in [9.17, 15) is 31.2 Å². The van der Waals surface area contributed by atoms with Crippen LogP contribution in [0, 0.1) is 0 Å². The molecule has 0 radical (unpaired) electrons. The van der Waals surface area contributed by atoms with E-state index < -0.39 is 51.1 Å². The van der Waals surface area contributed by atoms with Crippen LogP contribution in [0.5, 0.6) is 0 Å². The Kier molecular flexibility index (Phi) is 5.91. The Balaban J connectivity index is 2.10. The number of likely N-dealkylation sites (tertiary alicyclic amines) is 1. The van der Waals surface area contributed by atoms with Gasteiger partial charge in [0.15, 0.2) is 0 Å². The Hall–Kier alpha value is -2.14. The molecule has 0 bridgehead atoms. The third-order valence-electron chi connectivity index (χ3n) is 3.99. The minimum atomic E-state index is -4.70. The maximum absolute atomic E-state index is 12.7. The zero-order valence-corrected chi connectivity index (χ0v) is 14.3. The molecule has 1 saturated heterocycles. The quantitative estimate of drug-likeness (QED) is 0.787. The second-order valence-corrected chi connectivity index (χ2v) is 7.55. The smallest absolute Gasteiger partial charge is 0.416 e. The summed E-state index contributed by atoms with van der Waals surface area (Å²) in [6, 6.07) is 2.09. The van der Waals surface area contributed by atoms with Crippen molar-refractivity contribution in [2.45, 2.75) is 36.4 Å². The van der Waals surface area contributed by atoms with Crippen molar-refractivity contribution in [3.8, 4) is 0 Å². The first-order valence-corrected chi connectivity index (χ1v) is 9.20. The molecule has 2 N–H and O–H groups in total. The molecule has 0 saturated carbocycles. The molecule has 11 heteroatoms. The van der Waals surface area contributed by atoms with Crippen molar-refractivity contribution in [1.82, 2.24) is 9.62 Å². The van der Waals surface area contributed by atoms with E-state index in [0.29, 0.717) is 18.9 Å². The number of carbonyl (C=O) groups is 2. The molecular formula is C15H17F3N2O5S. The highest BCUT2D eigenvalue weighted by atomic mass is 32.2. The van der Waals surface area contributed by atoms with Gasteiger partial charge in [-0.3, -0.25) is 4.79 Å². The molecule has 1 fully saturated rings. The van der Waals surface area contributed by atoms with Gasteiger partial charge >= 0.3 is 12.1 Å². The molecular weight excluding hydrogens is 377 g/mol. The first kappa shape index (κ1) is 20.2. The number of carboxylic acids is 1. The lowest BCUT2D eigenvalue weighted by Crippen LogP contribution is -2.51. The van der Waals surface area contributed by atoms with Gasteiger partial charge in [0.1, 0.15) is 6.04 Å². The van der Waals surface area contributed by atoms with Gasteiger partial charge in [0.2, 0.25) is 15.9 Å². The van der Waals surface area contributed by atoms with Gasteiger partial charge < -0.3 is 10.0 Å². The highest BCUT2D eigenvalue weighted by molar-refractivity contribution is 7.89. The van der Waals surface area contributed by atoms with E-state index in [0.717, 1.165) is 23.1 Å². The molecule has 1 atom stereocenters. The molecule has 0 unspecified atom stereocenters. The van der Waals surface area contributed by atoms with Crippen LogP contribution >= 0.6 is 0 Å². The van der Waals surface area contributed by atoms with Crippen LogP contribution in [-0.4, -0.2) is 49.4 Å². The highest BCUT2D eigenvalue weighted by Gasteiger charge is 2.33. The Morgan fingerprint density at radius 2 is 1.96 bits per heavy atom. The van der Waals surface area contributed by atoms with Crippen molar-refractivity contribution >= 4 is 21.9 Å². The van der Waals surface area contributed by atoms with Crippen LogP contribution in [0.1, 0.15) is 24.8 Å². The summed E-state index contributed by atoms with van der Waals surface area (Å²) in [6.07, 6.45) is -3.21. The summed E-state index contributed by atoms with van der Waals surface area (Å²) in [5.74, 6) is -1.92. The molecule has 144 valence electrons. The average Bonchev–Trinajstić information content (AvgIpc) is 2.59. The fourth-order valence-electron chi connectivity index (χ4n) is 2.67. The summed E-state index contributed by atoms with van der Waals surface area (Å²) in [4.78, 5) is 23.8. The maximum atomic E-state index is 12.7. The van der Waals surface area contributed by atoms with Gasteiger partial charge in [-0.2, -0.15) is 13.2 Å². The average molecular weight is 394 g/mol. The zero-order chi connectivity index (χ0) is 19.5. The van der Waals surface area contributed by atoms with E-state index in [2.05, 4.69) is 0 Å². The summed E-state index contributed by atoms with van der Waals surface area (Å²) < 4.78 is 64.3. The van der Waals surface area contributed by atoms with Crippen LogP contribution in [0.4, 0.5) is 13.2 Å². The Morgan fingerprint density at radius 1 is 1.27 bits per heavy atom. The number of hydrogen-bond donors (Lipinski definition) is 2. The molecule has 1 heterocycles. The Labute approximate surface area is 147 Å². The van der Waals surface area contributed by atoms with Crippen LogP contribution in [-0.2, 0) is 25.8 Å². The van der Waals surface area contributed by atoms with Gasteiger partial charge in [-0.15, -0.1) is 0 Å². The molecule has 1 aromatic carbocycles. The number of rotatable bonds is 5. The highest BCUT2D eigenvalue weighted by Crippen LogP contribution is 2.30. The fraction of sp³-hybridized carbons (Fsp3) is 0.467. The Bertz CT molecular complexity index is 795. The van der Waals surface area contributed by atoms with Gasteiger partial charge in [-0.25, -0.2) is 17.9 Å². The van der Waals surface area contributed by atoms with Gasteiger partial charge in [0, 0.05) is 6.54 Å². The van der Waals surface area contributed by atoms with Crippen molar-refractivity contribution < 1.29 is 36.3 Å². The SMILES string of the molecule is O=C(O)[C@H]1CCCCN1C(=O)CNS(=O)(=O)c1cccc(C(F)(F)F)c1. The van der Waals surface area contributed by atoms with E-state index in [1.54, 1.807) is 0 Å². The number of carbonyl (C=O) groups excluding carboxylic acids is 1. The van der Waals surface area contributed by atoms with Crippen LogP contribution in [0.15, 0.2) is 29.2 Å². The van der Waals surface area contributed by atoms with Crippen LogP contribution in [0.3, 0.4) is 0 Å². The number of carboxylic acid groups (broad SMARTS) is 1. The molecule has 1 aromatic rings. The first-order chi connectivity index (χ1) is 12.0. The maximum Gasteiger partial charge on any atom is 0.416 e. The monoisotopic (exact) mass is 394 g/mol. The van der Waals surface area contributed by atoms with E-state index in [-0.39, 0.29) is 13.0 Å². The lowest BCUT2D eigenvalue weighted by Gasteiger charge is -2.33. The summed E-state index contributed by atoms with van der Waals surface area (Å²) >= 11 is 0. The van der Waals surface area contributed by atoms with Crippen LogP contribution in [0.2, 0.25) is 0 Å². The predicted octanol–water partition coefficient (Wildman–Crippen LogP) is 1.45. The lowest BCUT2D eigenvalue weighted by molar-refractivity contribution is -0.151. The predicted molar refractivity (Wildman–Crippen MR) is 83.6 cm³/mol. The van der Waals surface area contributed by atoms with Crippen molar-refractivity contribution in [2.24, 2.45) is 0 Å². The third-order valence-corrected chi connectivity index (χ3v) is 5.39. The zero-order valence-electron chi connectivity index (χ0n) is 13.5. The molecule has 26 heavy (non-hydrogen) atoms. The first-order valence-electron chi connectivity index (χ1n) is 7.71. The fourth-order valence-corrected chi connectivity index (χ4v) is 3.69. The minimum Gasteiger partial charge on any atom is -0.480 e. The van der Waals surface area contributed by atoms with Crippen LogP contribution < -0.4 is 4.72 Å². The van der Waals surface area contributed by atoms with E-state index in [1.165, 1.54) is 0 Å². The van der Waals surface area contributed by atoms with E-state index in [1.807, 2.05) is 4.72 Å². The molecule has 2 rings (SSSR count). The third kappa shape index (κ3) is 4.73. The number of piperidine rings is 1. The number of hydrogen-bond acceptors (Lipinski definition) is 4. The van der Waals surface area contributed by atoms with Crippen LogP contribution in [0.25, 0.3) is 0 Å². The molecule has 0 aromatic heterocycles. The Morgan fingerprint density at radius 3 is 2.58 bits per heavy atom. The second kappa shape index (κ2) is 7.62. The number of nitrogens with one attached hydrogen (secondary N) is 1. The summed E-state index contributed by atoms with van der Waals surface area (Å²) in [5.41, 5.74) is -1.13. The van der Waals surface area contributed by atoms with Crippen molar-refractivity contribution in [3.63, 3.8) is 0 Å². The summed E-state index contributed by atoms with van der Waals surface area (Å²) in [6.45, 7) is -0.552. The standard InChI is InChI=1S/C15H17F3N2O5S/c16-15(17,18)10-4-3-5-11(8-10)26(24,25)19-9-13(21)20-7-2-1-6-12(20)14(22)23/h3-5,8,12,19H,1-2,6-7,9H2,(H,22,23)/t12-/m1/s1. The number of benzene rings is 1. The number of sulfonamides is 1. The van der Waals surface area contributed by atoms with Crippen molar-refractivity contribution in [3.05, 3.63) is 29.8 Å². The van der Waals surface area contributed by atoms with E-state index in [4.69, 9.17) is 5.11 Å². The summed E-state index contributed by atoms with van der Waals surface area (Å²) in [7, 11) is -4.36. The normalized spacial score (nSPS) is 18.6. The number of alkyl halides is 3.